The van der Waals surface area contributed by atoms with Crippen molar-refractivity contribution in [3.8, 4) is 0 Å². The predicted molar refractivity (Wildman–Crippen MR) is 46.2 cm³/mol. The van der Waals surface area contributed by atoms with E-state index in [4.69, 9.17) is 5.73 Å². The lowest BCUT2D eigenvalue weighted by atomic mass is 10.2. The minimum Gasteiger partial charge on any atom is -0.381 e. The quantitative estimate of drug-likeness (QED) is 0.825. The molecule has 1 rings (SSSR count). The third-order valence-corrected chi connectivity index (χ3v) is 2.01. The van der Waals surface area contributed by atoms with Gasteiger partial charge in [0.15, 0.2) is 11.6 Å². The number of nitrogens with zero attached hydrogens (tertiary/aromatic N) is 1. The van der Waals surface area contributed by atoms with Crippen LogP contribution in [0.1, 0.15) is 17.7 Å². The summed E-state index contributed by atoms with van der Waals surface area (Å²) >= 11 is 3.01. The summed E-state index contributed by atoms with van der Waals surface area (Å²) in [5.41, 5.74) is 4.67. The lowest BCUT2D eigenvalue weighted by Gasteiger charge is -2.05. The van der Waals surface area contributed by atoms with Crippen molar-refractivity contribution in [3.63, 3.8) is 0 Å². The monoisotopic (exact) mass is 254 g/mol. The van der Waals surface area contributed by atoms with Crippen molar-refractivity contribution in [2.75, 3.05) is 5.73 Å². The van der Waals surface area contributed by atoms with E-state index in [9.17, 15) is 13.2 Å². The number of alkyl halides is 3. The molecule has 0 aliphatic rings. The first-order valence-corrected chi connectivity index (χ1v) is 4.47. The Morgan fingerprint density at radius 1 is 1.54 bits per heavy atom. The fourth-order valence-corrected chi connectivity index (χ4v) is 1.14. The van der Waals surface area contributed by atoms with E-state index in [1.165, 1.54) is 0 Å². The van der Waals surface area contributed by atoms with Gasteiger partial charge < -0.3 is 5.73 Å². The Kier molecular flexibility index (Phi) is 3.13. The van der Waals surface area contributed by atoms with Crippen LogP contribution in [0, 0.1) is 5.82 Å². The van der Waals surface area contributed by atoms with Gasteiger partial charge in [0.25, 0.3) is 6.43 Å². The first-order chi connectivity index (χ1) is 6.06. The Morgan fingerprint density at radius 2 is 2.15 bits per heavy atom. The number of halogens is 4. The van der Waals surface area contributed by atoms with Crippen LogP contribution in [0.25, 0.3) is 0 Å². The zero-order valence-corrected chi connectivity index (χ0v) is 7.98. The maximum absolute atomic E-state index is 12.9. The number of nitrogen functional groups attached to an aromatic ring is 1. The largest absolute Gasteiger partial charge is 0.381 e. The highest BCUT2D eigenvalue weighted by Gasteiger charge is 2.17. The molecule has 2 nitrogen and oxygen atoms in total. The van der Waals surface area contributed by atoms with Crippen LogP contribution in [-0.2, 0) is 5.33 Å². The summed E-state index contributed by atoms with van der Waals surface area (Å²) in [6, 6.07) is 0.991. The van der Waals surface area contributed by atoms with Gasteiger partial charge in [-0.3, -0.25) is 0 Å². The van der Waals surface area contributed by atoms with Gasteiger partial charge in [0.2, 0.25) is 0 Å². The van der Waals surface area contributed by atoms with Crippen molar-refractivity contribution in [1.29, 1.82) is 0 Å². The highest BCUT2D eigenvalue weighted by atomic mass is 79.9. The van der Waals surface area contributed by atoms with Gasteiger partial charge in [0.05, 0.1) is 11.3 Å². The molecule has 13 heavy (non-hydrogen) atoms. The molecular formula is C7H6BrF3N2. The number of hydrogen-bond donors (Lipinski definition) is 1. The van der Waals surface area contributed by atoms with Gasteiger partial charge in [-0.1, -0.05) is 15.9 Å². The van der Waals surface area contributed by atoms with Crippen LogP contribution in [0.5, 0.6) is 0 Å². The smallest absolute Gasteiger partial charge is 0.266 e. The van der Waals surface area contributed by atoms with Gasteiger partial charge in [-0.2, -0.15) is 0 Å². The Morgan fingerprint density at radius 3 is 2.62 bits per heavy atom. The Labute approximate surface area is 81.1 Å². The summed E-state index contributed by atoms with van der Waals surface area (Å²) in [6.07, 6.45) is -2.87. The van der Waals surface area contributed by atoms with E-state index >= 15 is 0 Å². The van der Waals surface area contributed by atoms with Crippen LogP contribution >= 0.6 is 15.9 Å². The van der Waals surface area contributed by atoms with E-state index in [2.05, 4.69) is 20.9 Å². The maximum atomic E-state index is 12.9. The fraction of sp³-hybridized carbons (Fsp3) is 0.286. The zero-order valence-electron chi connectivity index (χ0n) is 6.40. The molecule has 0 spiro atoms. The SMILES string of the molecule is Nc1nc(CBr)cc(C(F)F)c1F. The molecular weight excluding hydrogens is 249 g/mol. The van der Waals surface area contributed by atoms with Gasteiger partial charge in [0, 0.05) is 5.33 Å². The number of rotatable bonds is 2. The highest BCUT2D eigenvalue weighted by Crippen LogP contribution is 2.25. The van der Waals surface area contributed by atoms with E-state index in [1.807, 2.05) is 0 Å². The van der Waals surface area contributed by atoms with Crippen molar-refractivity contribution < 1.29 is 13.2 Å². The molecule has 0 saturated carbocycles. The second-order valence-electron chi connectivity index (χ2n) is 2.34. The van der Waals surface area contributed by atoms with Crippen LogP contribution < -0.4 is 5.73 Å². The van der Waals surface area contributed by atoms with Crippen LogP contribution in [0.4, 0.5) is 19.0 Å². The first-order valence-electron chi connectivity index (χ1n) is 3.35. The molecule has 1 aromatic rings. The molecule has 0 aromatic carbocycles. The average Bonchev–Trinajstić information content (AvgIpc) is 2.09. The van der Waals surface area contributed by atoms with Crippen molar-refractivity contribution >= 4 is 21.7 Å². The standard InChI is InChI=1S/C7H6BrF3N2/c8-2-3-1-4(6(10)11)5(9)7(12)13-3/h1,6H,2H2,(H2,12,13). The Bertz CT molecular complexity index is 317. The van der Waals surface area contributed by atoms with Crippen LogP contribution in [-0.4, -0.2) is 4.98 Å². The summed E-state index contributed by atoms with van der Waals surface area (Å²) in [7, 11) is 0. The molecule has 0 bridgehead atoms. The minimum atomic E-state index is -2.87. The molecule has 0 atom stereocenters. The number of nitrogens with two attached hydrogens (primary N) is 1. The molecule has 0 radical (unpaired) electrons. The van der Waals surface area contributed by atoms with E-state index in [0.29, 0.717) is 0 Å². The zero-order chi connectivity index (χ0) is 10.0. The average molecular weight is 255 g/mol. The summed E-state index contributed by atoms with van der Waals surface area (Å²) in [4.78, 5) is 3.56. The van der Waals surface area contributed by atoms with Crippen LogP contribution in [0.3, 0.4) is 0 Å². The van der Waals surface area contributed by atoms with E-state index < -0.39 is 23.6 Å². The maximum Gasteiger partial charge on any atom is 0.266 e. The molecule has 0 aliphatic heterocycles. The number of aromatic nitrogens is 1. The molecule has 6 heteroatoms. The Hall–Kier alpha value is -0.780. The molecule has 0 aliphatic carbocycles. The van der Waals surface area contributed by atoms with Crippen molar-refractivity contribution in [2.45, 2.75) is 11.8 Å². The molecule has 0 fully saturated rings. The van der Waals surface area contributed by atoms with Crippen molar-refractivity contribution in [2.24, 2.45) is 0 Å². The molecule has 72 valence electrons. The van der Waals surface area contributed by atoms with Gasteiger partial charge in [-0.05, 0) is 6.07 Å². The second-order valence-corrected chi connectivity index (χ2v) is 2.90. The summed E-state index contributed by atoms with van der Waals surface area (Å²) < 4.78 is 37.3. The topological polar surface area (TPSA) is 38.9 Å². The predicted octanol–water partition coefficient (Wildman–Crippen LogP) is 2.64. The number of hydrogen-bond acceptors (Lipinski definition) is 2. The molecule has 0 saturated heterocycles. The van der Waals surface area contributed by atoms with Crippen molar-refractivity contribution in [3.05, 3.63) is 23.1 Å². The summed E-state index contributed by atoms with van der Waals surface area (Å²) in [5.74, 6) is -1.63. The van der Waals surface area contributed by atoms with Gasteiger partial charge in [-0.15, -0.1) is 0 Å². The number of pyridine rings is 1. The molecule has 0 amide bonds. The summed E-state index contributed by atoms with van der Waals surface area (Å²) in [5, 5.41) is 0.261. The molecule has 2 N–H and O–H groups in total. The summed E-state index contributed by atoms with van der Waals surface area (Å²) in [6.45, 7) is 0. The van der Waals surface area contributed by atoms with Gasteiger partial charge in [-0.25, -0.2) is 18.2 Å². The normalized spacial score (nSPS) is 10.8. The van der Waals surface area contributed by atoms with E-state index in [0.717, 1.165) is 6.07 Å². The second kappa shape index (κ2) is 3.95. The first kappa shape index (κ1) is 10.3. The van der Waals surface area contributed by atoms with E-state index in [-0.39, 0.29) is 11.0 Å². The van der Waals surface area contributed by atoms with Crippen LogP contribution in [0.2, 0.25) is 0 Å². The van der Waals surface area contributed by atoms with Gasteiger partial charge in [0.1, 0.15) is 0 Å². The highest BCUT2D eigenvalue weighted by molar-refractivity contribution is 9.08. The van der Waals surface area contributed by atoms with Crippen molar-refractivity contribution in [1.82, 2.24) is 4.98 Å². The Balaban J connectivity index is 3.25. The van der Waals surface area contributed by atoms with E-state index in [1.54, 1.807) is 0 Å². The third-order valence-electron chi connectivity index (χ3n) is 1.44. The number of anilines is 1. The lowest BCUT2D eigenvalue weighted by molar-refractivity contribution is 0.146. The third kappa shape index (κ3) is 2.12. The van der Waals surface area contributed by atoms with Gasteiger partial charge >= 0.3 is 0 Å². The lowest BCUT2D eigenvalue weighted by Crippen LogP contribution is -2.03. The molecule has 1 aromatic heterocycles. The minimum absolute atomic E-state index is 0.261. The molecule has 0 unspecified atom stereocenters. The van der Waals surface area contributed by atoms with Crippen LogP contribution in [0.15, 0.2) is 6.07 Å². The molecule has 1 heterocycles. The fourth-order valence-electron chi connectivity index (χ4n) is 0.854.